The van der Waals surface area contributed by atoms with Gasteiger partial charge in [0.2, 0.25) is 0 Å². The molecule has 0 saturated carbocycles. The summed E-state index contributed by atoms with van der Waals surface area (Å²) in [5.41, 5.74) is 4.80. The highest BCUT2D eigenvalue weighted by molar-refractivity contribution is 6.32. The Kier molecular flexibility index (Phi) is 6.64. The van der Waals surface area contributed by atoms with Crippen molar-refractivity contribution in [1.82, 2.24) is 29.8 Å². The molecule has 4 rings (SSSR count). The minimum atomic E-state index is -4.68. The maximum atomic E-state index is 13.4. The van der Waals surface area contributed by atoms with E-state index in [9.17, 15) is 28.0 Å². The highest BCUT2D eigenvalue weighted by Crippen LogP contribution is 2.27. The van der Waals surface area contributed by atoms with E-state index < -0.39 is 23.7 Å². The maximum absolute atomic E-state index is 13.4. The molecule has 15 heteroatoms. The predicted molar refractivity (Wildman–Crippen MR) is 123 cm³/mol. The highest BCUT2D eigenvalue weighted by Gasteiger charge is 2.34. The molecule has 3 N–H and O–H groups in total. The number of aryl methyl sites for hydroxylation is 1. The number of nitrogens with zero attached hydrogens (tertiary/aromatic N) is 7. The number of nitrogens with two attached hydrogens (primary N) is 1. The molecule has 0 aliphatic heterocycles. The van der Waals surface area contributed by atoms with E-state index in [1.54, 1.807) is 13.0 Å². The summed E-state index contributed by atoms with van der Waals surface area (Å²) in [6.07, 6.45) is -2.70. The molecule has 188 valence electrons. The van der Waals surface area contributed by atoms with Crippen molar-refractivity contribution in [2.45, 2.75) is 19.6 Å². The molecule has 0 spiro atoms. The number of amides is 2. The number of carbonyl (C=O) groups is 2. The van der Waals surface area contributed by atoms with Gasteiger partial charge in [0.1, 0.15) is 12.2 Å². The van der Waals surface area contributed by atoms with Crippen LogP contribution in [0.25, 0.3) is 5.82 Å². The molecule has 0 aliphatic rings. The summed E-state index contributed by atoms with van der Waals surface area (Å²) in [4.78, 5) is 30.3. The van der Waals surface area contributed by atoms with Crippen LogP contribution in [0.3, 0.4) is 0 Å². The third-order valence-electron chi connectivity index (χ3n) is 5.03. The monoisotopic (exact) mass is 529 g/mol. The summed E-state index contributed by atoms with van der Waals surface area (Å²) in [5, 5.41) is 23.2. The molecule has 0 fully saturated rings. The average molecular weight is 530 g/mol. The fourth-order valence-corrected chi connectivity index (χ4v) is 3.60. The van der Waals surface area contributed by atoms with Gasteiger partial charge in [0, 0.05) is 6.20 Å². The van der Waals surface area contributed by atoms with Crippen molar-refractivity contribution in [2.75, 3.05) is 5.32 Å². The number of nitrogens with one attached hydrogen (secondary N) is 1. The standard InChI is InChI=1S/C22H15ClF3N9O2/c1-11-5-12(8-27)6-14(19(28)36)18(11)31-21(37)16-7-13(10-34-30-9-17(33-34)22(24,25)26)32-35(16)20-15(23)3-2-4-29-20/h2-7,9H,10H2,1H3,(H2,28,36)(H,31,37). The van der Waals surface area contributed by atoms with Gasteiger partial charge in [-0.25, -0.2) is 9.67 Å². The molecular weight excluding hydrogens is 515 g/mol. The second-order valence-corrected chi connectivity index (χ2v) is 8.05. The zero-order chi connectivity index (χ0) is 26.9. The van der Waals surface area contributed by atoms with Crippen LogP contribution in [0.15, 0.2) is 42.7 Å². The molecule has 0 aliphatic carbocycles. The van der Waals surface area contributed by atoms with Crippen LogP contribution in [0.4, 0.5) is 18.9 Å². The summed E-state index contributed by atoms with van der Waals surface area (Å²) in [7, 11) is 0. The first kappa shape index (κ1) is 25.3. The number of alkyl halides is 3. The number of hydrogen-bond donors (Lipinski definition) is 2. The molecule has 11 nitrogen and oxygen atoms in total. The lowest BCUT2D eigenvalue weighted by Gasteiger charge is -2.13. The molecule has 0 atom stereocenters. The first-order chi connectivity index (χ1) is 17.5. The van der Waals surface area contributed by atoms with E-state index in [1.807, 2.05) is 6.07 Å². The molecule has 2 amide bonds. The number of rotatable bonds is 6. The summed E-state index contributed by atoms with van der Waals surface area (Å²) in [5.74, 6) is -1.57. The molecular formula is C22H15ClF3N9O2. The minimum Gasteiger partial charge on any atom is -0.366 e. The maximum Gasteiger partial charge on any atom is 0.436 e. The van der Waals surface area contributed by atoms with E-state index in [2.05, 4.69) is 25.6 Å². The van der Waals surface area contributed by atoms with Crippen molar-refractivity contribution in [2.24, 2.45) is 5.73 Å². The fraction of sp³-hybridized carbons (Fsp3) is 0.136. The van der Waals surface area contributed by atoms with E-state index in [4.69, 9.17) is 17.3 Å². The first-order valence-electron chi connectivity index (χ1n) is 10.3. The van der Waals surface area contributed by atoms with Gasteiger partial charge in [0.05, 0.1) is 39.8 Å². The molecule has 3 heterocycles. The molecule has 0 bridgehead atoms. The smallest absolute Gasteiger partial charge is 0.366 e. The summed E-state index contributed by atoms with van der Waals surface area (Å²) < 4.78 is 39.8. The number of aromatic nitrogens is 6. The van der Waals surface area contributed by atoms with Crippen LogP contribution in [-0.4, -0.2) is 41.6 Å². The molecule has 0 radical (unpaired) electrons. The summed E-state index contributed by atoms with van der Waals surface area (Å²) in [6.45, 7) is 1.26. The van der Waals surface area contributed by atoms with Gasteiger partial charge < -0.3 is 11.1 Å². The summed E-state index contributed by atoms with van der Waals surface area (Å²) >= 11 is 6.24. The largest absolute Gasteiger partial charge is 0.436 e. The number of halogens is 4. The van der Waals surface area contributed by atoms with Crippen molar-refractivity contribution in [3.63, 3.8) is 0 Å². The fourth-order valence-electron chi connectivity index (χ4n) is 3.40. The Balaban J connectivity index is 1.76. The van der Waals surface area contributed by atoms with Gasteiger partial charge in [-0.15, -0.1) is 5.10 Å². The third-order valence-corrected chi connectivity index (χ3v) is 5.33. The van der Waals surface area contributed by atoms with E-state index in [-0.39, 0.29) is 45.6 Å². The first-order valence-corrected chi connectivity index (χ1v) is 10.7. The van der Waals surface area contributed by atoms with Crippen molar-refractivity contribution < 1.29 is 22.8 Å². The Labute approximate surface area is 211 Å². The van der Waals surface area contributed by atoms with E-state index in [0.29, 0.717) is 11.8 Å². The summed E-state index contributed by atoms with van der Waals surface area (Å²) in [6, 6.07) is 8.96. The Hall–Kier alpha value is -4.77. The highest BCUT2D eigenvalue weighted by atomic mass is 35.5. The molecule has 0 unspecified atom stereocenters. The molecule has 4 aromatic rings. The van der Waals surface area contributed by atoms with Crippen LogP contribution in [0.1, 0.15) is 43.4 Å². The van der Waals surface area contributed by atoms with Gasteiger partial charge >= 0.3 is 6.18 Å². The SMILES string of the molecule is Cc1cc(C#N)cc(C(N)=O)c1NC(=O)c1cc(Cn2ncc(C(F)(F)F)n2)nn1-c1ncccc1Cl. The molecule has 0 saturated heterocycles. The predicted octanol–water partition coefficient (Wildman–Crippen LogP) is 3.11. The van der Waals surface area contributed by atoms with Gasteiger partial charge in [-0.3, -0.25) is 9.59 Å². The van der Waals surface area contributed by atoms with Crippen LogP contribution >= 0.6 is 11.6 Å². The third kappa shape index (κ3) is 5.26. The van der Waals surface area contributed by atoms with E-state index in [0.717, 1.165) is 9.48 Å². The minimum absolute atomic E-state index is 0.0663. The van der Waals surface area contributed by atoms with Crippen molar-refractivity contribution in [3.8, 4) is 11.9 Å². The van der Waals surface area contributed by atoms with Crippen LogP contribution < -0.4 is 11.1 Å². The molecule has 37 heavy (non-hydrogen) atoms. The zero-order valence-electron chi connectivity index (χ0n) is 18.8. The van der Waals surface area contributed by atoms with Crippen LogP contribution in [0, 0.1) is 18.3 Å². The lowest BCUT2D eigenvalue weighted by Crippen LogP contribution is -2.22. The average Bonchev–Trinajstić information content (AvgIpc) is 3.48. The lowest BCUT2D eigenvalue weighted by molar-refractivity contribution is -0.141. The second-order valence-electron chi connectivity index (χ2n) is 7.65. The van der Waals surface area contributed by atoms with Crippen molar-refractivity contribution in [1.29, 1.82) is 5.26 Å². The number of benzene rings is 1. The number of hydrogen-bond acceptors (Lipinski definition) is 7. The number of carbonyl (C=O) groups excluding carboxylic acids is 2. The van der Waals surface area contributed by atoms with Crippen LogP contribution in [-0.2, 0) is 12.7 Å². The second kappa shape index (κ2) is 9.70. The Morgan fingerprint density at radius 2 is 2.00 bits per heavy atom. The van der Waals surface area contributed by atoms with E-state index in [1.165, 1.54) is 30.5 Å². The van der Waals surface area contributed by atoms with Crippen molar-refractivity contribution in [3.05, 3.63) is 81.5 Å². The zero-order valence-corrected chi connectivity index (χ0v) is 19.5. The normalized spacial score (nSPS) is 11.2. The Morgan fingerprint density at radius 1 is 1.24 bits per heavy atom. The van der Waals surface area contributed by atoms with E-state index >= 15 is 0 Å². The molecule has 1 aromatic carbocycles. The van der Waals surface area contributed by atoms with Crippen molar-refractivity contribution >= 4 is 29.1 Å². The van der Waals surface area contributed by atoms with Gasteiger partial charge in [-0.1, -0.05) is 11.6 Å². The number of pyridine rings is 1. The quantitative estimate of drug-likeness (QED) is 0.388. The van der Waals surface area contributed by atoms with Gasteiger partial charge in [0.15, 0.2) is 11.5 Å². The molecule has 3 aromatic heterocycles. The Morgan fingerprint density at radius 3 is 2.62 bits per heavy atom. The van der Waals surface area contributed by atoms with Gasteiger partial charge in [0.25, 0.3) is 11.8 Å². The van der Waals surface area contributed by atoms with Gasteiger partial charge in [-0.05, 0) is 42.8 Å². The topological polar surface area (TPSA) is 157 Å². The number of nitriles is 1. The van der Waals surface area contributed by atoms with Gasteiger partial charge in [-0.2, -0.15) is 33.4 Å². The van der Waals surface area contributed by atoms with Crippen LogP contribution in [0.5, 0.6) is 0 Å². The van der Waals surface area contributed by atoms with Crippen LogP contribution in [0.2, 0.25) is 5.02 Å². The lowest BCUT2D eigenvalue weighted by atomic mass is 10.0. The number of anilines is 1. The number of primary amides is 1. The Bertz CT molecular complexity index is 1570.